The fraction of sp³-hybridized carbons (Fsp3) is 0.0417. The highest BCUT2D eigenvalue weighted by molar-refractivity contribution is 5.99. The van der Waals surface area contributed by atoms with Gasteiger partial charge in [-0.2, -0.15) is 0 Å². The molecule has 5 aromatic rings. The number of aromatic nitrogens is 4. The standard InChI is InChI=1S/C22H18N8.C2H4O2/c23-19(24)13-5-7-15-17(9-13)29-21(27-15)11-1-2-12(4-3-11)22-28-16-8-6-14(20(25)26)10-18(16)30-22;1-2(3)4/h1-10H,(H3,23,24)(H3,25,26)(H,27,29)(H,28,30);1H3,(H,3,4). The molecule has 0 bridgehead atoms. The third-order valence-corrected chi connectivity index (χ3v) is 5.02. The molecular formula is C24H22N8O2. The minimum Gasteiger partial charge on any atom is -0.481 e. The molecule has 34 heavy (non-hydrogen) atoms. The first-order valence-electron chi connectivity index (χ1n) is 10.2. The molecule has 170 valence electrons. The predicted octanol–water partition coefficient (Wildman–Crippen LogP) is 3.43. The Hall–Kier alpha value is -4.99. The zero-order valence-corrected chi connectivity index (χ0v) is 18.2. The number of fused-ring (bicyclic) bond motifs is 2. The number of benzene rings is 3. The number of nitrogen functional groups attached to an aromatic ring is 2. The van der Waals surface area contributed by atoms with Crippen LogP contribution in [0.4, 0.5) is 0 Å². The Kier molecular flexibility index (Phi) is 5.79. The molecule has 0 fully saturated rings. The molecule has 10 nitrogen and oxygen atoms in total. The summed E-state index contributed by atoms with van der Waals surface area (Å²) in [6.07, 6.45) is 0. The number of hydrogen-bond donors (Lipinski definition) is 7. The van der Waals surface area contributed by atoms with Crippen LogP contribution >= 0.6 is 0 Å². The Balaban J connectivity index is 0.000000636. The predicted molar refractivity (Wildman–Crippen MR) is 132 cm³/mol. The summed E-state index contributed by atoms with van der Waals surface area (Å²) in [5, 5.41) is 22.6. The van der Waals surface area contributed by atoms with E-state index in [2.05, 4.69) is 19.9 Å². The Morgan fingerprint density at radius 1 is 0.765 bits per heavy atom. The lowest BCUT2D eigenvalue weighted by atomic mass is 10.1. The molecule has 0 spiro atoms. The van der Waals surface area contributed by atoms with Gasteiger partial charge in [-0.3, -0.25) is 15.6 Å². The minimum absolute atomic E-state index is 0.0265. The van der Waals surface area contributed by atoms with Crippen LogP contribution in [0.5, 0.6) is 0 Å². The van der Waals surface area contributed by atoms with Crippen molar-refractivity contribution in [2.24, 2.45) is 11.5 Å². The highest BCUT2D eigenvalue weighted by Crippen LogP contribution is 2.26. The molecule has 0 amide bonds. The number of carboxylic acid groups (broad SMARTS) is 1. The molecular weight excluding hydrogens is 432 g/mol. The second-order valence-electron chi connectivity index (χ2n) is 7.56. The number of nitrogens with zero attached hydrogens (tertiary/aromatic N) is 2. The third kappa shape index (κ3) is 4.60. The van der Waals surface area contributed by atoms with Crippen LogP contribution in [0.1, 0.15) is 18.1 Å². The number of rotatable bonds is 4. The first kappa shape index (κ1) is 22.2. The summed E-state index contributed by atoms with van der Waals surface area (Å²) in [5.74, 6) is 0.707. The number of carbonyl (C=O) groups is 1. The van der Waals surface area contributed by atoms with Crippen molar-refractivity contribution in [1.29, 1.82) is 10.8 Å². The van der Waals surface area contributed by atoms with E-state index in [0.29, 0.717) is 11.1 Å². The van der Waals surface area contributed by atoms with E-state index < -0.39 is 5.97 Å². The van der Waals surface area contributed by atoms with Gasteiger partial charge in [0.2, 0.25) is 0 Å². The first-order valence-corrected chi connectivity index (χ1v) is 10.2. The molecule has 0 aliphatic heterocycles. The largest absolute Gasteiger partial charge is 0.481 e. The third-order valence-electron chi connectivity index (χ3n) is 5.02. The zero-order valence-electron chi connectivity index (χ0n) is 18.2. The van der Waals surface area contributed by atoms with Crippen LogP contribution in [0.2, 0.25) is 0 Å². The minimum atomic E-state index is -0.833. The van der Waals surface area contributed by atoms with Crippen LogP contribution in [0.3, 0.4) is 0 Å². The summed E-state index contributed by atoms with van der Waals surface area (Å²) in [4.78, 5) is 24.8. The van der Waals surface area contributed by atoms with Crippen LogP contribution in [0, 0.1) is 10.8 Å². The van der Waals surface area contributed by atoms with Gasteiger partial charge in [-0.15, -0.1) is 0 Å². The molecule has 0 radical (unpaired) electrons. The lowest BCUT2D eigenvalue weighted by Crippen LogP contribution is -2.10. The van der Waals surface area contributed by atoms with Crippen LogP contribution in [-0.2, 0) is 4.79 Å². The average Bonchev–Trinajstić information content (AvgIpc) is 3.41. The second-order valence-corrected chi connectivity index (χ2v) is 7.56. The highest BCUT2D eigenvalue weighted by atomic mass is 16.4. The quantitative estimate of drug-likeness (QED) is 0.160. The smallest absolute Gasteiger partial charge is 0.300 e. The van der Waals surface area contributed by atoms with Gasteiger partial charge in [-0.25, -0.2) is 9.97 Å². The van der Waals surface area contributed by atoms with Crippen molar-refractivity contribution in [3.8, 4) is 22.8 Å². The summed E-state index contributed by atoms with van der Waals surface area (Å²) in [6, 6.07) is 18.8. The summed E-state index contributed by atoms with van der Waals surface area (Å²) in [6.45, 7) is 1.08. The fourth-order valence-corrected chi connectivity index (χ4v) is 3.41. The van der Waals surface area contributed by atoms with Crippen molar-refractivity contribution in [2.45, 2.75) is 6.92 Å². The van der Waals surface area contributed by atoms with Gasteiger partial charge < -0.3 is 26.5 Å². The molecule has 10 heteroatoms. The highest BCUT2D eigenvalue weighted by Gasteiger charge is 2.10. The van der Waals surface area contributed by atoms with E-state index in [9.17, 15) is 0 Å². The number of H-pyrrole nitrogens is 2. The fourth-order valence-electron chi connectivity index (χ4n) is 3.41. The van der Waals surface area contributed by atoms with Crippen LogP contribution in [-0.4, -0.2) is 42.7 Å². The molecule has 5 rings (SSSR count). The number of amidine groups is 2. The van der Waals surface area contributed by atoms with Gasteiger partial charge >= 0.3 is 0 Å². The topological polar surface area (TPSA) is 194 Å². The van der Waals surface area contributed by atoms with Gasteiger partial charge in [-0.1, -0.05) is 24.3 Å². The number of carboxylic acids is 1. The van der Waals surface area contributed by atoms with Crippen molar-refractivity contribution >= 4 is 39.7 Å². The number of aliphatic carboxylic acids is 1. The van der Waals surface area contributed by atoms with E-state index >= 15 is 0 Å². The van der Waals surface area contributed by atoms with Crippen molar-refractivity contribution in [2.75, 3.05) is 0 Å². The molecule has 2 aromatic heterocycles. The molecule has 0 aliphatic carbocycles. The lowest BCUT2D eigenvalue weighted by Gasteiger charge is -1.99. The van der Waals surface area contributed by atoms with E-state index in [1.165, 1.54) is 0 Å². The van der Waals surface area contributed by atoms with Gasteiger partial charge in [0.1, 0.15) is 23.3 Å². The number of nitrogens with two attached hydrogens (primary N) is 2. The van der Waals surface area contributed by atoms with E-state index in [1.807, 2.05) is 48.5 Å². The molecule has 0 unspecified atom stereocenters. The van der Waals surface area contributed by atoms with Gasteiger partial charge in [0.15, 0.2) is 0 Å². The second kappa shape index (κ2) is 8.87. The maximum Gasteiger partial charge on any atom is 0.300 e. The summed E-state index contributed by atoms with van der Waals surface area (Å²) in [5.41, 5.74) is 17.6. The normalized spacial score (nSPS) is 10.6. The lowest BCUT2D eigenvalue weighted by molar-refractivity contribution is -0.134. The van der Waals surface area contributed by atoms with Gasteiger partial charge in [0, 0.05) is 29.2 Å². The monoisotopic (exact) mass is 454 g/mol. The maximum atomic E-state index is 9.00. The number of nitrogens with one attached hydrogen (secondary N) is 4. The van der Waals surface area contributed by atoms with Crippen LogP contribution < -0.4 is 11.5 Å². The van der Waals surface area contributed by atoms with Gasteiger partial charge in [0.05, 0.1) is 22.1 Å². The Morgan fingerprint density at radius 3 is 1.44 bits per heavy atom. The van der Waals surface area contributed by atoms with Gasteiger partial charge in [0.25, 0.3) is 5.97 Å². The Bertz CT molecular complexity index is 1430. The van der Waals surface area contributed by atoms with Crippen molar-refractivity contribution in [1.82, 2.24) is 19.9 Å². The van der Waals surface area contributed by atoms with E-state index in [1.54, 1.807) is 12.1 Å². The SMILES string of the molecule is CC(=O)O.N=C(N)c1ccc2nc(-c3ccc(-c4nc5ccc(C(=N)N)cc5[nH]4)cc3)[nH]c2c1. The molecule has 0 atom stereocenters. The van der Waals surface area contributed by atoms with Crippen LogP contribution in [0.25, 0.3) is 44.8 Å². The molecule has 3 aromatic carbocycles. The number of aromatic amines is 2. The van der Waals surface area contributed by atoms with Crippen LogP contribution in [0.15, 0.2) is 60.7 Å². The summed E-state index contributed by atoms with van der Waals surface area (Å²) >= 11 is 0. The molecule has 0 saturated carbocycles. The van der Waals surface area contributed by atoms with Gasteiger partial charge in [-0.05, 0) is 36.4 Å². The van der Waals surface area contributed by atoms with Crippen molar-refractivity contribution < 1.29 is 9.90 Å². The molecule has 0 aliphatic rings. The number of imidazole rings is 2. The maximum absolute atomic E-state index is 9.00. The van der Waals surface area contributed by atoms with E-state index in [0.717, 1.165) is 51.8 Å². The van der Waals surface area contributed by atoms with Crippen molar-refractivity contribution in [3.05, 3.63) is 71.8 Å². The van der Waals surface area contributed by atoms with Crippen molar-refractivity contribution in [3.63, 3.8) is 0 Å². The Morgan fingerprint density at radius 2 is 1.12 bits per heavy atom. The molecule has 2 heterocycles. The zero-order chi connectivity index (χ0) is 24.4. The van der Waals surface area contributed by atoms with E-state index in [4.69, 9.17) is 32.2 Å². The average molecular weight is 454 g/mol. The summed E-state index contributed by atoms with van der Waals surface area (Å²) in [7, 11) is 0. The Labute approximate surface area is 193 Å². The molecule has 9 N–H and O–H groups in total. The summed E-state index contributed by atoms with van der Waals surface area (Å²) < 4.78 is 0. The molecule has 0 saturated heterocycles. The first-order chi connectivity index (χ1) is 16.2. The van der Waals surface area contributed by atoms with E-state index in [-0.39, 0.29) is 11.7 Å². The number of hydrogen-bond acceptors (Lipinski definition) is 5.